The summed E-state index contributed by atoms with van der Waals surface area (Å²) in [7, 11) is 0. The Kier molecular flexibility index (Phi) is 4.06. The Morgan fingerprint density at radius 1 is 1.42 bits per heavy atom. The molecule has 3 heterocycles. The lowest BCUT2D eigenvalue weighted by Gasteiger charge is -2.19. The van der Waals surface area contributed by atoms with E-state index in [0.29, 0.717) is 12.2 Å². The lowest BCUT2D eigenvalue weighted by Crippen LogP contribution is -2.37. The van der Waals surface area contributed by atoms with Crippen LogP contribution < -0.4 is 5.32 Å². The van der Waals surface area contributed by atoms with Crippen LogP contribution in [0, 0.1) is 12.8 Å². The monoisotopic (exact) mass is 326 g/mol. The molecule has 1 aliphatic carbocycles. The predicted molar refractivity (Wildman–Crippen MR) is 88.5 cm³/mol. The molecule has 126 valence electrons. The van der Waals surface area contributed by atoms with Gasteiger partial charge in [0.1, 0.15) is 6.10 Å². The van der Waals surface area contributed by atoms with Crippen LogP contribution in [-0.2, 0) is 11.3 Å². The average molecular weight is 326 g/mol. The first-order valence-corrected chi connectivity index (χ1v) is 8.57. The van der Waals surface area contributed by atoms with Crippen molar-refractivity contribution in [1.29, 1.82) is 0 Å². The molecular formula is C18H22N4O2. The molecule has 2 aromatic rings. The van der Waals surface area contributed by atoms with Gasteiger partial charge in [-0.25, -0.2) is 0 Å². The highest BCUT2D eigenvalue weighted by Crippen LogP contribution is 2.32. The number of nitrogens with one attached hydrogen (secondary N) is 1. The van der Waals surface area contributed by atoms with E-state index in [1.807, 2.05) is 17.8 Å². The number of carbonyl (C=O) groups is 1. The van der Waals surface area contributed by atoms with Crippen LogP contribution in [0.25, 0.3) is 0 Å². The van der Waals surface area contributed by atoms with Gasteiger partial charge in [0.2, 0.25) is 0 Å². The van der Waals surface area contributed by atoms with E-state index >= 15 is 0 Å². The van der Waals surface area contributed by atoms with Crippen LogP contribution in [0.2, 0.25) is 0 Å². The molecule has 1 saturated heterocycles. The first-order chi connectivity index (χ1) is 11.7. The molecule has 0 bridgehead atoms. The SMILES string of the molecule is Cc1ncccc1C(=O)N[C@H]1CCO[C@@H]1c1cnn(CC2CC2)c1. The summed E-state index contributed by atoms with van der Waals surface area (Å²) in [6.45, 7) is 3.48. The van der Waals surface area contributed by atoms with Crippen molar-refractivity contribution in [1.82, 2.24) is 20.1 Å². The maximum atomic E-state index is 12.5. The molecular weight excluding hydrogens is 304 g/mol. The Hall–Kier alpha value is -2.21. The molecule has 1 N–H and O–H groups in total. The van der Waals surface area contributed by atoms with E-state index in [-0.39, 0.29) is 18.1 Å². The largest absolute Gasteiger partial charge is 0.371 e. The Bertz CT molecular complexity index is 738. The number of amides is 1. The molecule has 0 radical (unpaired) electrons. The van der Waals surface area contributed by atoms with E-state index in [9.17, 15) is 4.79 Å². The Labute approximate surface area is 141 Å². The predicted octanol–water partition coefficient (Wildman–Crippen LogP) is 2.26. The van der Waals surface area contributed by atoms with Gasteiger partial charge in [-0.3, -0.25) is 14.5 Å². The van der Waals surface area contributed by atoms with Crippen molar-refractivity contribution in [3.05, 3.63) is 47.5 Å². The van der Waals surface area contributed by atoms with Crippen molar-refractivity contribution >= 4 is 5.91 Å². The van der Waals surface area contributed by atoms with Gasteiger partial charge in [0.15, 0.2) is 0 Å². The van der Waals surface area contributed by atoms with Crippen LogP contribution in [0.1, 0.15) is 47.0 Å². The first-order valence-electron chi connectivity index (χ1n) is 8.57. The second-order valence-corrected chi connectivity index (χ2v) is 6.74. The standard InChI is InChI=1S/C18H22N4O2/c1-12-15(3-2-7-19-12)18(23)21-16-6-8-24-17(16)14-9-20-22(11-14)10-13-4-5-13/h2-3,7,9,11,13,16-17H,4-6,8,10H2,1H3,(H,21,23)/t16-,17+/m0/s1. The van der Waals surface area contributed by atoms with Crippen molar-refractivity contribution in [2.24, 2.45) is 5.92 Å². The summed E-state index contributed by atoms with van der Waals surface area (Å²) in [6.07, 6.45) is 8.91. The maximum absolute atomic E-state index is 12.5. The zero-order valence-corrected chi connectivity index (χ0v) is 13.8. The number of hydrogen-bond donors (Lipinski definition) is 1. The van der Waals surface area contributed by atoms with Crippen LogP contribution >= 0.6 is 0 Å². The molecule has 2 fully saturated rings. The van der Waals surface area contributed by atoms with E-state index in [1.54, 1.807) is 18.3 Å². The molecule has 1 aliphatic heterocycles. The van der Waals surface area contributed by atoms with Crippen molar-refractivity contribution in [3.63, 3.8) is 0 Å². The number of rotatable bonds is 5. The topological polar surface area (TPSA) is 69.0 Å². The smallest absolute Gasteiger partial charge is 0.253 e. The van der Waals surface area contributed by atoms with Gasteiger partial charge in [0.05, 0.1) is 17.8 Å². The van der Waals surface area contributed by atoms with Gasteiger partial charge in [0.25, 0.3) is 5.91 Å². The fourth-order valence-corrected chi connectivity index (χ4v) is 3.23. The van der Waals surface area contributed by atoms with Gasteiger partial charge in [-0.05, 0) is 44.2 Å². The molecule has 2 aliphatic rings. The zero-order chi connectivity index (χ0) is 16.5. The third-order valence-electron chi connectivity index (χ3n) is 4.78. The maximum Gasteiger partial charge on any atom is 0.253 e. The van der Waals surface area contributed by atoms with Gasteiger partial charge in [0, 0.05) is 36.8 Å². The number of ether oxygens (including phenoxy) is 1. The fraction of sp³-hybridized carbons (Fsp3) is 0.500. The second kappa shape index (κ2) is 6.36. The Balaban J connectivity index is 1.45. The zero-order valence-electron chi connectivity index (χ0n) is 13.8. The highest BCUT2D eigenvalue weighted by molar-refractivity contribution is 5.95. The Morgan fingerprint density at radius 3 is 3.08 bits per heavy atom. The molecule has 6 nitrogen and oxygen atoms in total. The molecule has 2 aromatic heterocycles. The summed E-state index contributed by atoms with van der Waals surface area (Å²) in [5.41, 5.74) is 2.40. The van der Waals surface area contributed by atoms with Crippen molar-refractivity contribution in [2.75, 3.05) is 6.61 Å². The lowest BCUT2D eigenvalue weighted by molar-refractivity contribution is 0.0820. The lowest BCUT2D eigenvalue weighted by atomic mass is 10.0. The van der Waals surface area contributed by atoms with Crippen LogP contribution in [0.3, 0.4) is 0 Å². The minimum atomic E-state index is -0.126. The van der Waals surface area contributed by atoms with Gasteiger partial charge in [-0.2, -0.15) is 5.10 Å². The normalized spacial score (nSPS) is 23.4. The van der Waals surface area contributed by atoms with Crippen LogP contribution in [-0.4, -0.2) is 33.3 Å². The van der Waals surface area contributed by atoms with Gasteiger partial charge < -0.3 is 10.1 Å². The van der Waals surface area contributed by atoms with Crippen LogP contribution in [0.5, 0.6) is 0 Å². The highest BCUT2D eigenvalue weighted by atomic mass is 16.5. The van der Waals surface area contributed by atoms with E-state index in [2.05, 4.69) is 21.6 Å². The third-order valence-corrected chi connectivity index (χ3v) is 4.78. The summed E-state index contributed by atoms with van der Waals surface area (Å²) in [5, 5.41) is 7.55. The molecule has 0 unspecified atom stereocenters. The molecule has 24 heavy (non-hydrogen) atoms. The first kappa shape index (κ1) is 15.3. The van der Waals surface area contributed by atoms with Gasteiger partial charge in [-0.15, -0.1) is 0 Å². The molecule has 6 heteroatoms. The Morgan fingerprint density at radius 2 is 2.29 bits per heavy atom. The molecule has 0 aromatic carbocycles. The highest BCUT2D eigenvalue weighted by Gasteiger charge is 2.32. The third kappa shape index (κ3) is 3.19. The number of carbonyl (C=O) groups excluding carboxylic acids is 1. The number of nitrogens with zero attached hydrogens (tertiary/aromatic N) is 3. The fourth-order valence-electron chi connectivity index (χ4n) is 3.23. The quantitative estimate of drug-likeness (QED) is 0.915. The summed E-state index contributed by atoms with van der Waals surface area (Å²) in [6, 6.07) is 3.55. The average Bonchev–Trinajstić information content (AvgIpc) is 3.06. The number of hydrogen-bond acceptors (Lipinski definition) is 4. The van der Waals surface area contributed by atoms with Gasteiger partial charge in [-0.1, -0.05) is 0 Å². The molecule has 4 rings (SSSR count). The van der Waals surface area contributed by atoms with Crippen LogP contribution in [0.4, 0.5) is 0 Å². The summed E-state index contributed by atoms with van der Waals surface area (Å²) < 4.78 is 7.87. The molecule has 1 amide bonds. The number of aromatic nitrogens is 3. The van der Waals surface area contributed by atoms with Crippen molar-refractivity contribution < 1.29 is 9.53 Å². The molecule has 1 saturated carbocycles. The minimum absolute atomic E-state index is 0.0318. The molecule has 2 atom stereocenters. The van der Waals surface area contributed by atoms with E-state index < -0.39 is 0 Å². The van der Waals surface area contributed by atoms with Gasteiger partial charge >= 0.3 is 0 Å². The molecule has 0 spiro atoms. The summed E-state index contributed by atoms with van der Waals surface area (Å²) in [4.78, 5) is 16.7. The van der Waals surface area contributed by atoms with E-state index in [4.69, 9.17) is 4.74 Å². The second-order valence-electron chi connectivity index (χ2n) is 6.74. The number of pyridine rings is 1. The van der Waals surface area contributed by atoms with Crippen molar-refractivity contribution in [2.45, 2.75) is 44.9 Å². The van der Waals surface area contributed by atoms with Crippen LogP contribution in [0.15, 0.2) is 30.7 Å². The number of aryl methyl sites for hydroxylation is 1. The summed E-state index contributed by atoms with van der Waals surface area (Å²) in [5.74, 6) is 0.692. The summed E-state index contributed by atoms with van der Waals surface area (Å²) >= 11 is 0. The minimum Gasteiger partial charge on any atom is -0.371 e. The van der Waals surface area contributed by atoms with Crippen molar-refractivity contribution in [3.8, 4) is 0 Å². The van der Waals surface area contributed by atoms with E-state index in [0.717, 1.165) is 30.1 Å². The van der Waals surface area contributed by atoms with E-state index in [1.165, 1.54) is 12.8 Å².